The van der Waals surface area contributed by atoms with Gasteiger partial charge in [-0.3, -0.25) is 4.98 Å². The molecule has 0 aliphatic heterocycles. The van der Waals surface area contributed by atoms with Gasteiger partial charge in [-0.2, -0.15) is 13.2 Å². The van der Waals surface area contributed by atoms with Gasteiger partial charge in [0.25, 0.3) is 0 Å². The summed E-state index contributed by atoms with van der Waals surface area (Å²) in [6.45, 7) is 1.70. The Bertz CT molecular complexity index is 641. The van der Waals surface area contributed by atoms with Crippen molar-refractivity contribution in [3.8, 4) is 17.3 Å². The van der Waals surface area contributed by atoms with E-state index in [1.54, 1.807) is 19.1 Å². The first kappa shape index (κ1) is 14.2. The quantitative estimate of drug-likeness (QED) is 0.791. The summed E-state index contributed by atoms with van der Waals surface area (Å²) in [4.78, 5) is 7.70. The molecule has 0 N–H and O–H groups in total. The molecule has 7 heteroatoms. The molecule has 2 heterocycles. The highest BCUT2D eigenvalue weighted by molar-refractivity contribution is 5.60. The Morgan fingerprint density at radius 2 is 1.95 bits per heavy atom. The number of aromatic nitrogens is 2. The predicted molar refractivity (Wildman–Crippen MR) is 63.7 cm³/mol. The van der Waals surface area contributed by atoms with E-state index in [1.165, 1.54) is 6.20 Å². The molecule has 0 amide bonds. The van der Waals surface area contributed by atoms with Gasteiger partial charge in [0.05, 0.1) is 18.5 Å². The van der Waals surface area contributed by atoms with Crippen molar-refractivity contribution in [3.05, 3.63) is 41.3 Å². The van der Waals surface area contributed by atoms with Gasteiger partial charge in [-0.15, -0.1) is 0 Å². The molecule has 0 fully saturated rings. The fourth-order valence-electron chi connectivity index (χ4n) is 1.77. The first-order valence-electron chi connectivity index (χ1n) is 5.58. The number of rotatable bonds is 2. The second-order valence-corrected chi connectivity index (χ2v) is 4.04. The minimum Gasteiger partial charge on any atom is -0.480 e. The topological polar surface area (TPSA) is 35.0 Å². The first-order chi connectivity index (χ1) is 9.34. The third-order valence-corrected chi connectivity index (χ3v) is 2.67. The first-order valence-corrected chi connectivity index (χ1v) is 5.58. The van der Waals surface area contributed by atoms with Crippen molar-refractivity contribution in [2.24, 2.45) is 0 Å². The second kappa shape index (κ2) is 5.07. The van der Waals surface area contributed by atoms with Gasteiger partial charge in [0.1, 0.15) is 5.82 Å². The van der Waals surface area contributed by atoms with Crippen LogP contribution in [0.1, 0.15) is 11.1 Å². The van der Waals surface area contributed by atoms with E-state index in [4.69, 9.17) is 0 Å². The number of pyridine rings is 2. The lowest BCUT2D eigenvalue weighted by molar-refractivity contribution is -0.141. The number of hydrogen-bond donors (Lipinski definition) is 0. The van der Waals surface area contributed by atoms with Gasteiger partial charge in [-0.1, -0.05) is 6.07 Å². The van der Waals surface area contributed by atoms with Crippen molar-refractivity contribution < 1.29 is 22.3 Å². The van der Waals surface area contributed by atoms with Crippen LogP contribution in [0.25, 0.3) is 11.4 Å². The molecule has 0 aliphatic carbocycles. The van der Waals surface area contributed by atoms with Gasteiger partial charge in [0, 0.05) is 12.3 Å². The molecule has 3 nitrogen and oxygen atoms in total. The van der Waals surface area contributed by atoms with Gasteiger partial charge in [-0.05, 0) is 18.6 Å². The molecule has 0 saturated heterocycles. The third kappa shape index (κ3) is 2.56. The average Bonchev–Trinajstić information content (AvgIpc) is 2.36. The minimum atomic E-state index is -4.87. The van der Waals surface area contributed by atoms with Crippen molar-refractivity contribution >= 4 is 0 Å². The molecule has 0 aromatic carbocycles. The summed E-state index contributed by atoms with van der Waals surface area (Å²) in [5.74, 6) is -2.25. The second-order valence-electron chi connectivity index (χ2n) is 4.04. The Kier molecular flexibility index (Phi) is 3.61. The van der Waals surface area contributed by atoms with E-state index in [2.05, 4.69) is 14.7 Å². The molecule has 0 bridgehead atoms. The van der Waals surface area contributed by atoms with E-state index in [9.17, 15) is 17.6 Å². The maximum Gasteiger partial charge on any atom is 0.424 e. The summed E-state index contributed by atoms with van der Waals surface area (Å²) in [5.41, 5.74) is -0.553. The number of hydrogen-bond acceptors (Lipinski definition) is 3. The van der Waals surface area contributed by atoms with E-state index < -0.39 is 23.4 Å². The van der Waals surface area contributed by atoms with Crippen LogP contribution in [-0.4, -0.2) is 17.1 Å². The Balaban J connectivity index is 2.66. The number of aryl methyl sites for hydroxylation is 1. The summed E-state index contributed by atoms with van der Waals surface area (Å²) in [5, 5.41) is 0. The van der Waals surface area contributed by atoms with E-state index in [0.717, 1.165) is 7.11 Å². The van der Waals surface area contributed by atoms with Crippen LogP contribution in [-0.2, 0) is 6.18 Å². The molecule has 0 radical (unpaired) electrons. The van der Waals surface area contributed by atoms with Crippen LogP contribution in [0, 0.1) is 12.7 Å². The molecule has 20 heavy (non-hydrogen) atoms. The number of nitrogens with zero attached hydrogens (tertiary/aromatic N) is 2. The zero-order valence-corrected chi connectivity index (χ0v) is 10.6. The third-order valence-electron chi connectivity index (χ3n) is 2.67. The Hall–Kier alpha value is -2.18. The molecular formula is C13H10F4N2O. The zero-order valence-electron chi connectivity index (χ0n) is 10.6. The van der Waals surface area contributed by atoms with Crippen LogP contribution >= 0.6 is 0 Å². The lowest BCUT2D eigenvalue weighted by atomic mass is 10.1. The minimum absolute atomic E-state index is 0.00884. The Morgan fingerprint density at radius 3 is 2.50 bits per heavy atom. The van der Waals surface area contributed by atoms with Gasteiger partial charge >= 0.3 is 6.18 Å². The Labute approximate surface area is 112 Å². The molecular weight excluding hydrogens is 276 g/mol. The van der Waals surface area contributed by atoms with Gasteiger partial charge in [0.2, 0.25) is 5.88 Å². The molecule has 0 aliphatic rings. The maximum absolute atomic E-state index is 13.7. The summed E-state index contributed by atoms with van der Waals surface area (Å²) in [7, 11) is 1.01. The van der Waals surface area contributed by atoms with Crippen molar-refractivity contribution in [2.45, 2.75) is 13.1 Å². The largest absolute Gasteiger partial charge is 0.480 e. The summed E-state index contributed by atoms with van der Waals surface area (Å²) in [6.07, 6.45) is -3.42. The SMILES string of the molecule is COc1nc(-c2ncccc2C)cc(F)c1C(F)(F)F. The normalized spacial score (nSPS) is 11.5. The van der Waals surface area contributed by atoms with E-state index in [1.807, 2.05) is 0 Å². The highest BCUT2D eigenvalue weighted by Crippen LogP contribution is 2.38. The molecule has 106 valence electrons. The van der Waals surface area contributed by atoms with Crippen molar-refractivity contribution in [2.75, 3.05) is 7.11 Å². The fraction of sp³-hybridized carbons (Fsp3) is 0.231. The Morgan fingerprint density at radius 1 is 1.25 bits per heavy atom. The lowest BCUT2D eigenvalue weighted by Gasteiger charge is -2.13. The van der Waals surface area contributed by atoms with Crippen LogP contribution in [0.4, 0.5) is 17.6 Å². The highest BCUT2D eigenvalue weighted by Gasteiger charge is 2.39. The highest BCUT2D eigenvalue weighted by atomic mass is 19.4. The van der Waals surface area contributed by atoms with Crippen LogP contribution in [0.2, 0.25) is 0 Å². The number of alkyl halides is 3. The van der Waals surface area contributed by atoms with Crippen LogP contribution in [0.3, 0.4) is 0 Å². The van der Waals surface area contributed by atoms with Gasteiger partial charge in [0.15, 0.2) is 5.56 Å². The molecule has 2 aromatic rings. The summed E-state index contributed by atoms with van der Waals surface area (Å²) >= 11 is 0. The summed E-state index contributed by atoms with van der Waals surface area (Å²) in [6, 6.07) is 4.07. The molecule has 0 atom stereocenters. The van der Waals surface area contributed by atoms with Crippen LogP contribution in [0.15, 0.2) is 24.4 Å². The molecule has 0 unspecified atom stereocenters. The standard InChI is InChI=1S/C13H10F4N2O/c1-7-4-3-5-18-11(7)9-6-8(14)10(13(15,16)17)12(19-9)20-2/h3-6H,1-2H3. The molecule has 2 rings (SSSR count). The van der Waals surface area contributed by atoms with E-state index in [0.29, 0.717) is 17.3 Å². The zero-order chi connectivity index (χ0) is 14.9. The maximum atomic E-state index is 13.7. The lowest BCUT2D eigenvalue weighted by Crippen LogP contribution is -2.12. The van der Waals surface area contributed by atoms with Crippen molar-refractivity contribution in [1.29, 1.82) is 0 Å². The fourth-order valence-corrected chi connectivity index (χ4v) is 1.77. The average molecular weight is 286 g/mol. The van der Waals surface area contributed by atoms with Crippen molar-refractivity contribution in [3.63, 3.8) is 0 Å². The van der Waals surface area contributed by atoms with E-state index >= 15 is 0 Å². The predicted octanol–water partition coefficient (Wildman–Crippen LogP) is 3.62. The van der Waals surface area contributed by atoms with Crippen LogP contribution < -0.4 is 4.74 Å². The molecule has 0 spiro atoms. The van der Waals surface area contributed by atoms with Crippen molar-refractivity contribution in [1.82, 2.24) is 9.97 Å². The van der Waals surface area contributed by atoms with Crippen LogP contribution in [0.5, 0.6) is 5.88 Å². The monoisotopic (exact) mass is 286 g/mol. The summed E-state index contributed by atoms with van der Waals surface area (Å²) < 4.78 is 56.5. The molecule has 2 aromatic heterocycles. The number of methoxy groups -OCH3 is 1. The number of halogens is 4. The van der Waals surface area contributed by atoms with Gasteiger partial charge < -0.3 is 4.74 Å². The van der Waals surface area contributed by atoms with E-state index in [-0.39, 0.29) is 5.69 Å². The molecule has 0 saturated carbocycles. The number of ether oxygens (including phenoxy) is 1. The smallest absolute Gasteiger partial charge is 0.424 e. The van der Waals surface area contributed by atoms with Gasteiger partial charge in [-0.25, -0.2) is 9.37 Å².